The normalized spacial score (nSPS) is 11.7. The molecule has 2 heterocycles. The molecule has 0 saturated heterocycles. The van der Waals surface area contributed by atoms with Gasteiger partial charge < -0.3 is 0 Å². The van der Waals surface area contributed by atoms with E-state index in [0.29, 0.717) is 0 Å². The van der Waals surface area contributed by atoms with E-state index in [1.807, 2.05) is 66.9 Å². The molecular formula is C22H20N4O2S. The van der Waals surface area contributed by atoms with Crippen LogP contribution >= 0.6 is 0 Å². The summed E-state index contributed by atoms with van der Waals surface area (Å²) in [5.41, 5.74) is 3.41. The maximum absolute atomic E-state index is 12.9. The van der Waals surface area contributed by atoms with Gasteiger partial charge in [-0.3, -0.25) is 4.98 Å². The lowest BCUT2D eigenvalue weighted by atomic mass is 10.1. The summed E-state index contributed by atoms with van der Waals surface area (Å²) >= 11 is 0. The van der Waals surface area contributed by atoms with Crippen LogP contribution < -0.4 is 0 Å². The van der Waals surface area contributed by atoms with Gasteiger partial charge in [-0.1, -0.05) is 48.5 Å². The van der Waals surface area contributed by atoms with Gasteiger partial charge >= 0.3 is 0 Å². The van der Waals surface area contributed by atoms with Crippen LogP contribution in [-0.4, -0.2) is 34.5 Å². The molecule has 2 aromatic heterocycles. The second-order valence-corrected chi connectivity index (χ2v) is 8.64. The summed E-state index contributed by atoms with van der Waals surface area (Å²) in [6, 6.07) is 22.7. The lowest BCUT2D eigenvalue weighted by Crippen LogP contribution is -2.26. The summed E-state index contributed by atoms with van der Waals surface area (Å²) < 4.78 is 28.9. The Bertz CT molecular complexity index is 1190. The maximum Gasteiger partial charge on any atom is 0.244 e. The molecule has 0 fully saturated rings. The molecule has 146 valence electrons. The fourth-order valence-corrected chi connectivity index (χ4v) is 4.20. The zero-order valence-electron chi connectivity index (χ0n) is 15.9. The Kier molecular flexibility index (Phi) is 5.24. The molecule has 0 N–H and O–H groups in total. The monoisotopic (exact) mass is 404 g/mol. The second kappa shape index (κ2) is 7.98. The molecular weight excluding hydrogens is 384 g/mol. The predicted molar refractivity (Wildman–Crippen MR) is 112 cm³/mol. The zero-order chi connectivity index (χ0) is 20.3. The van der Waals surface area contributed by atoms with Crippen LogP contribution in [-0.2, 0) is 16.6 Å². The Labute approximate surface area is 170 Å². The van der Waals surface area contributed by atoms with E-state index in [9.17, 15) is 8.42 Å². The molecule has 0 spiro atoms. The van der Waals surface area contributed by atoms with Gasteiger partial charge in [0, 0.05) is 43.3 Å². The molecule has 0 saturated carbocycles. The highest BCUT2D eigenvalue weighted by Gasteiger charge is 2.23. The Morgan fingerprint density at radius 2 is 1.62 bits per heavy atom. The maximum atomic E-state index is 12.9. The molecule has 2 aromatic carbocycles. The number of hydrogen-bond donors (Lipinski definition) is 0. The van der Waals surface area contributed by atoms with Crippen molar-refractivity contribution in [3.8, 4) is 16.9 Å². The van der Waals surface area contributed by atoms with E-state index in [2.05, 4.69) is 4.98 Å². The highest BCUT2D eigenvalue weighted by atomic mass is 32.2. The van der Waals surface area contributed by atoms with Crippen molar-refractivity contribution in [2.75, 3.05) is 7.05 Å². The van der Waals surface area contributed by atoms with E-state index < -0.39 is 10.0 Å². The summed E-state index contributed by atoms with van der Waals surface area (Å²) in [4.78, 5) is 4.09. The van der Waals surface area contributed by atoms with Crippen molar-refractivity contribution in [2.24, 2.45) is 0 Å². The van der Waals surface area contributed by atoms with E-state index in [0.717, 1.165) is 22.5 Å². The number of sulfonamides is 1. The van der Waals surface area contributed by atoms with Gasteiger partial charge in [-0.25, -0.2) is 13.1 Å². The third kappa shape index (κ3) is 3.96. The molecule has 0 unspecified atom stereocenters. The van der Waals surface area contributed by atoms with Crippen LogP contribution in [0.5, 0.6) is 0 Å². The summed E-state index contributed by atoms with van der Waals surface area (Å²) in [7, 11) is -2.09. The minimum Gasteiger partial charge on any atom is -0.263 e. The average molecular weight is 404 g/mol. The van der Waals surface area contributed by atoms with E-state index in [4.69, 9.17) is 5.10 Å². The Morgan fingerprint density at radius 3 is 2.28 bits per heavy atom. The number of benzene rings is 2. The third-order valence-corrected chi connectivity index (χ3v) is 6.38. The first-order chi connectivity index (χ1) is 14.1. The fourth-order valence-electron chi connectivity index (χ4n) is 3.08. The third-order valence-electron chi connectivity index (χ3n) is 4.59. The lowest BCUT2D eigenvalue weighted by Gasteiger charge is -2.16. The highest BCUT2D eigenvalue weighted by molar-refractivity contribution is 7.89. The van der Waals surface area contributed by atoms with Crippen LogP contribution in [0.4, 0.5) is 0 Å². The molecule has 7 heteroatoms. The number of hydrogen-bond acceptors (Lipinski definition) is 4. The number of rotatable bonds is 6. The molecule has 6 nitrogen and oxygen atoms in total. The summed E-state index contributed by atoms with van der Waals surface area (Å²) in [6.07, 6.45) is 4.79. The highest BCUT2D eigenvalue weighted by Crippen LogP contribution is 2.26. The molecule has 4 rings (SSSR count). The molecule has 0 amide bonds. The summed E-state index contributed by atoms with van der Waals surface area (Å²) in [5, 5.41) is 4.74. The van der Waals surface area contributed by atoms with Crippen molar-refractivity contribution < 1.29 is 8.42 Å². The van der Waals surface area contributed by atoms with Gasteiger partial charge in [0.2, 0.25) is 10.0 Å². The van der Waals surface area contributed by atoms with Crippen LogP contribution in [0.3, 0.4) is 0 Å². The van der Waals surface area contributed by atoms with E-state index in [1.54, 1.807) is 30.1 Å². The smallest absolute Gasteiger partial charge is 0.244 e. The van der Waals surface area contributed by atoms with Crippen LogP contribution in [0.2, 0.25) is 0 Å². The lowest BCUT2D eigenvalue weighted by molar-refractivity contribution is 0.467. The van der Waals surface area contributed by atoms with Crippen molar-refractivity contribution >= 4 is 10.0 Å². The first-order valence-corrected chi connectivity index (χ1v) is 10.6. The molecule has 0 aliphatic rings. The zero-order valence-corrected chi connectivity index (χ0v) is 16.7. The summed E-state index contributed by atoms with van der Waals surface area (Å²) in [5.74, 6) is 0. The van der Waals surface area contributed by atoms with Crippen molar-refractivity contribution in [3.05, 3.63) is 97.0 Å². The van der Waals surface area contributed by atoms with Crippen LogP contribution in [0, 0.1) is 0 Å². The van der Waals surface area contributed by atoms with Gasteiger partial charge in [-0.2, -0.15) is 9.40 Å². The minimum atomic E-state index is -3.66. The second-order valence-electron chi connectivity index (χ2n) is 6.60. The average Bonchev–Trinajstić information content (AvgIpc) is 3.19. The number of nitrogens with zero attached hydrogens (tertiary/aromatic N) is 4. The number of para-hydroxylation sites is 1. The molecule has 0 aliphatic heterocycles. The topological polar surface area (TPSA) is 68.1 Å². The molecule has 0 aliphatic carbocycles. The largest absolute Gasteiger partial charge is 0.263 e. The Balaban J connectivity index is 1.73. The number of aromatic nitrogens is 3. The van der Waals surface area contributed by atoms with Gasteiger partial charge in [0.05, 0.1) is 11.4 Å². The fraction of sp³-hybridized carbons (Fsp3) is 0.0909. The Morgan fingerprint density at radius 1 is 0.931 bits per heavy atom. The van der Waals surface area contributed by atoms with E-state index in [-0.39, 0.29) is 11.4 Å². The van der Waals surface area contributed by atoms with Gasteiger partial charge in [0.15, 0.2) is 0 Å². The molecule has 0 atom stereocenters. The standard InChI is InChI=1S/C22H20N4O2S/c1-25(29(27,28)21-13-8-14-23-15-21)16-19-17-26(20-11-6-3-7-12-20)24-22(19)18-9-4-2-5-10-18/h2-15,17H,16H2,1H3. The van der Waals surface area contributed by atoms with Crippen LogP contribution in [0.15, 0.2) is 96.3 Å². The van der Waals surface area contributed by atoms with Gasteiger partial charge in [-0.15, -0.1) is 0 Å². The van der Waals surface area contributed by atoms with Crippen molar-refractivity contribution in [3.63, 3.8) is 0 Å². The number of pyridine rings is 1. The van der Waals surface area contributed by atoms with Crippen molar-refractivity contribution in [2.45, 2.75) is 11.4 Å². The van der Waals surface area contributed by atoms with Crippen molar-refractivity contribution in [1.82, 2.24) is 19.1 Å². The molecule has 29 heavy (non-hydrogen) atoms. The van der Waals surface area contributed by atoms with Crippen molar-refractivity contribution in [1.29, 1.82) is 0 Å². The quantitative estimate of drug-likeness (QED) is 0.491. The minimum absolute atomic E-state index is 0.166. The Hall–Kier alpha value is -3.29. The summed E-state index contributed by atoms with van der Waals surface area (Å²) in [6.45, 7) is 0.189. The molecule has 4 aromatic rings. The first kappa shape index (κ1) is 19.0. The van der Waals surface area contributed by atoms with E-state index >= 15 is 0 Å². The van der Waals surface area contributed by atoms with Gasteiger partial charge in [0.1, 0.15) is 4.90 Å². The molecule has 0 bridgehead atoms. The van der Waals surface area contributed by atoms with Gasteiger partial charge in [0.25, 0.3) is 0 Å². The SMILES string of the molecule is CN(Cc1cn(-c2ccccc2)nc1-c1ccccc1)S(=O)(=O)c1cccnc1. The van der Waals surface area contributed by atoms with Crippen LogP contribution in [0.1, 0.15) is 5.56 Å². The van der Waals surface area contributed by atoms with Crippen LogP contribution in [0.25, 0.3) is 16.9 Å². The van der Waals surface area contributed by atoms with E-state index in [1.165, 1.54) is 10.5 Å². The first-order valence-electron chi connectivity index (χ1n) is 9.11. The predicted octanol–water partition coefficient (Wildman–Crippen LogP) is 3.76. The molecule has 0 radical (unpaired) electrons. The van der Waals surface area contributed by atoms with Gasteiger partial charge in [-0.05, 0) is 24.3 Å².